The van der Waals surface area contributed by atoms with E-state index in [0.717, 1.165) is 28.5 Å². The van der Waals surface area contributed by atoms with Crippen molar-refractivity contribution in [3.63, 3.8) is 0 Å². The Labute approximate surface area is 153 Å². The molecule has 0 fully saturated rings. The van der Waals surface area contributed by atoms with Crippen LogP contribution in [-0.4, -0.2) is 13.0 Å². The van der Waals surface area contributed by atoms with Crippen LogP contribution in [0.1, 0.15) is 12.0 Å². The maximum absolute atomic E-state index is 12.1. The Kier molecular flexibility index (Phi) is 5.88. The summed E-state index contributed by atoms with van der Waals surface area (Å²) in [6.07, 6.45) is 1.10. The minimum Gasteiger partial charge on any atom is -0.497 e. The smallest absolute Gasteiger partial charge is 0.224 e. The van der Waals surface area contributed by atoms with E-state index in [0.29, 0.717) is 12.8 Å². The van der Waals surface area contributed by atoms with Crippen LogP contribution in [0.15, 0.2) is 78.9 Å². The number of carbonyl (C=O) groups excluding carboxylic acids is 1. The van der Waals surface area contributed by atoms with Gasteiger partial charge in [0.15, 0.2) is 0 Å². The van der Waals surface area contributed by atoms with Gasteiger partial charge in [-0.05, 0) is 60.5 Å². The summed E-state index contributed by atoms with van der Waals surface area (Å²) in [4.78, 5) is 12.1. The fourth-order valence-corrected chi connectivity index (χ4v) is 2.50. The summed E-state index contributed by atoms with van der Waals surface area (Å²) in [6, 6.07) is 24.8. The third-order valence-electron chi connectivity index (χ3n) is 3.92. The molecule has 3 aromatic carbocycles. The third-order valence-corrected chi connectivity index (χ3v) is 3.92. The Balaban J connectivity index is 1.48. The Bertz CT molecular complexity index is 828. The van der Waals surface area contributed by atoms with Crippen LogP contribution in [0.5, 0.6) is 17.2 Å². The van der Waals surface area contributed by atoms with Crippen LogP contribution >= 0.6 is 0 Å². The first-order chi connectivity index (χ1) is 12.7. The molecule has 0 radical (unpaired) electrons. The predicted octanol–water partition coefficient (Wildman–Crippen LogP) is 5.06. The van der Waals surface area contributed by atoms with Crippen LogP contribution in [0.2, 0.25) is 0 Å². The number of methoxy groups -OCH3 is 1. The zero-order valence-corrected chi connectivity index (χ0v) is 14.6. The molecule has 0 unspecified atom stereocenters. The van der Waals surface area contributed by atoms with Crippen molar-refractivity contribution in [3.05, 3.63) is 84.4 Å². The molecule has 4 nitrogen and oxygen atoms in total. The van der Waals surface area contributed by atoms with Crippen LogP contribution in [0.3, 0.4) is 0 Å². The number of anilines is 1. The van der Waals surface area contributed by atoms with Gasteiger partial charge in [0, 0.05) is 12.1 Å². The number of carbonyl (C=O) groups is 1. The molecule has 3 rings (SSSR count). The summed E-state index contributed by atoms with van der Waals surface area (Å²) in [5.41, 5.74) is 1.86. The molecule has 4 heteroatoms. The Hall–Kier alpha value is -3.27. The van der Waals surface area contributed by atoms with Crippen LogP contribution in [0.25, 0.3) is 0 Å². The van der Waals surface area contributed by atoms with Crippen LogP contribution < -0.4 is 14.8 Å². The average molecular weight is 347 g/mol. The summed E-state index contributed by atoms with van der Waals surface area (Å²) in [7, 11) is 1.61. The van der Waals surface area contributed by atoms with Crippen molar-refractivity contribution in [2.24, 2.45) is 0 Å². The largest absolute Gasteiger partial charge is 0.497 e. The van der Waals surface area contributed by atoms with E-state index >= 15 is 0 Å². The van der Waals surface area contributed by atoms with Crippen molar-refractivity contribution in [1.82, 2.24) is 0 Å². The van der Waals surface area contributed by atoms with Crippen LogP contribution in [-0.2, 0) is 11.2 Å². The lowest BCUT2D eigenvalue weighted by Crippen LogP contribution is -2.12. The fourth-order valence-electron chi connectivity index (χ4n) is 2.50. The predicted molar refractivity (Wildman–Crippen MR) is 103 cm³/mol. The van der Waals surface area contributed by atoms with Gasteiger partial charge in [-0.15, -0.1) is 0 Å². The molecule has 0 aromatic heterocycles. The highest BCUT2D eigenvalue weighted by atomic mass is 16.5. The monoisotopic (exact) mass is 347 g/mol. The van der Waals surface area contributed by atoms with Crippen molar-refractivity contribution >= 4 is 11.6 Å². The standard InChI is InChI=1S/C22H21NO3/c1-25-19-14-10-18(11-15-19)23-22(24)16-9-17-7-12-21(13-8-17)26-20-5-3-2-4-6-20/h2-8,10-15H,9,16H2,1H3,(H,23,24). The Morgan fingerprint density at radius 3 is 2.08 bits per heavy atom. The van der Waals surface area contributed by atoms with Gasteiger partial charge >= 0.3 is 0 Å². The van der Waals surface area contributed by atoms with E-state index in [1.165, 1.54) is 0 Å². The number of para-hydroxylation sites is 1. The molecule has 0 bridgehead atoms. The molecule has 0 aliphatic rings. The number of amides is 1. The minimum absolute atomic E-state index is 0.0141. The number of benzene rings is 3. The highest BCUT2D eigenvalue weighted by molar-refractivity contribution is 5.90. The van der Waals surface area contributed by atoms with E-state index in [9.17, 15) is 4.79 Å². The zero-order chi connectivity index (χ0) is 18.2. The normalized spacial score (nSPS) is 10.2. The first kappa shape index (κ1) is 17.5. The summed E-state index contributed by atoms with van der Waals surface area (Å²) in [5.74, 6) is 2.34. The molecule has 0 aliphatic carbocycles. The molecule has 1 N–H and O–H groups in total. The number of hydrogen-bond donors (Lipinski definition) is 1. The Morgan fingerprint density at radius 2 is 1.42 bits per heavy atom. The van der Waals surface area contributed by atoms with Crippen molar-refractivity contribution < 1.29 is 14.3 Å². The molecule has 1 amide bonds. The van der Waals surface area contributed by atoms with E-state index in [2.05, 4.69) is 5.32 Å². The average Bonchev–Trinajstić information content (AvgIpc) is 2.69. The summed E-state index contributed by atoms with van der Waals surface area (Å²) < 4.78 is 10.9. The number of hydrogen-bond acceptors (Lipinski definition) is 3. The van der Waals surface area contributed by atoms with Gasteiger partial charge < -0.3 is 14.8 Å². The number of aryl methyl sites for hydroxylation is 1. The molecule has 0 atom stereocenters. The molecule has 0 aliphatic heterocycles. The first-order valence-corrected chi connectivity index (χ1v) is 8.49. The lowest BCUT2D eigenvalue weighted by atomic mass is 10.1. The van der Waals surface area contributed by atoms with Gasteiger partial charge in [0.1, 0.15) is 17.2 Å². The molecule has 0 spiro atoms. The van der Waals surface area contributed by atoms with Gasteiger partial charge in [-0.1, -0.05) is 30.3 Å². The molecule has 132 valence electrons. The van der Waals surface area contributed by atoms with Crippen LogP contribution in [0.4, 0.5) is 5.69 Å². The lowest BCUT2D eigenvalue weighted by Gasteiger charge is -2.08. The second-order valence-corrected chi connectivity index (χ2v) is 5.84. The Morgan fingerprint density at radius 1 is 0.808 bits per heavy atom. The van der Waals surface area contributed by atoms with E-state index < -0.39 is 0 Å². The maximum Gasteiger partial charge on any atom is 0.224 e. The second kappa shape index (κ2) is 8.72. The van der Waals surface area contributed by atoms with Gasteiger partial charge in [0.2, 0.25) is 5.91 Å². The quantitative estimate of drug-likeness (QED) is 0.650. The zero-order valence-electron chi connectivity index (χ0n) is 14.6. The summed E-state index contributed by atoms with van der Waals surface area (Å²) >= 11 is 0. The molecular formula is C22H21NO3. The maximum atomic E-state index is 12.1. The van der Waals surface area contributed by atoms with E-state index in [-0.39, 0.29) is 5.91 Å². The van der Waals surface area contributed by atoms with Crippen molar-refractivity contribution in [2.45, 2.75) is 12.8 Å². The van der Waals surface area contributed by atoms with Crippen LogP contribution in [0, 0.1) is 0 Å². The van der Waals surface area contributed by atoms with E-state index in [1.807, 2.05) is 78.9 Å². The highest BCUT2D eigenvalue weighted by Gasteiger charge is 2.04. The van der Waals surface area contributed by atoms with Crippen molar-refractivity contribution in [1.29, 1.82) is 0 Å². The SMILES string of the molecule is COc1ccc(NC(=O)CCc2ccc(Oc3ccccc3)cc2)cc1. The lowest BCUT2D eigenvalue weighted by molar-refractivity contribution is -0.116. The number of nitrogens with one attached hydrogen (secondary N) is 1. The van der Waals surface area contributed by atoms with Gasteiger partial charge in [0.25, 0.3) is 0 Å². The van der Waals surface area contributed by atoms with Crippen molar-refractivity contribution in [3.8, 4) is 17.2 Å². The van der Waals surface area contributed by atoms with E-state index in [4.69, 9.17) is 9.47 Å². The number of ether oxygens (including phenoxy) is 2. The third kappa shape index (κ3) is 5.11. The van der Waals surface area contributed by atoms with Gasteiger partial charge in [-0.3, -0.25) is 4.79 Å². The summed E-state index contributed by atoms with van der Waals surface area (Å²) in [6.45, 7) is 0. The first-order valence-electron chi connectivity index (χ1n) is 8.49. The molecule has 3 aromatic rings. The molecule has 0 saturated heterocycles. The summed E-state index contributed by atoms with van der Waals surface area (Å²) in [5, 5.41) is 2.89. The fraction of sp³-hybridized carbons (Fsp3) is 0.136. The molecule has 0 saturated carbocycles. The van der Waals surface area contributed by atoms with Gasteiger partial charge in [0.05, 0.1) is 7.11 Å². The molecule has 26 heavy (non-hydrogen) atoms. The van der Waals surface area contributed by atoms with Crippen molar-refractivity contribution in [2.75, 3.05) is 12.4 Å². The van der Waals surface area contributed by atoms with Gasteiger partial charge in [-0.2, -0.15) is 0 Å². The number of rotatable bonds is 7. The minimum atomic E-state index is -0.0141. The highest BCUT2D eigenvalue weighted by Crippen LogP contribution is 2.21. The second-order valence-electron chi connectivity index (χ2n) is 5.84. The van der Waals surface area contributed by atoms with E-state index in [1.54, 1.807) is 7.11 Å². The topological polar surface area (TPSA) is 47.6 Å². The van der Waals surface area contributed by atoms with Gasteiger partial charge in [-0.25, -0.2) is 0 Å². The molecular weight excluding hydrogens is 326 g/mol. The molecule has 0 heterocycles.